The minimum absolute atomic E-state index is 0. The molecule has 1 heterocycles. The standard InChI is InChI=1S/C23H28ClN3O.2ClH/c1-5-27(6-2)13-7-8-16(3)25-23-19-11-9-17(24)14-22(19)26-21-12-10-18(28-4)15-20(21)23;;/h7-12,14-16H,5-6,13H2,1-4H3,(H,25,26);2*1H/b8-7-;;. The number of benzene rings is 2. The number of hydrogen-bond acceptors (Lipinski definition) is 4. The van der Waals surface area contributed by atoms with Gasteiger partial charge in [-0.3, -0.25) is 0 Å². The number of hydrogen-bond donors (Lipinski definition) is 1. The molecular formula is C23H30Cl3N3O. The number of rotatable bonds is 8. The Morgan fingerprint density at radius 3 is 2.47 bits per heavy atom. The second-order valence-electron chi connectivity index (χ2n) is 6.88. The fourth-order valence-electron chi connectivity index (χ4n) is 3.35. The molecule has 30 heavy (non-hydrogen) atoms. The van der Waals surface area contributed by atoms with Crippen molar-refractivity contribution in [3.8, 4) is 5.75 Å². The van der Waals surface area contributed by atoms with E-state index >= 15 is 0 Å². The Hall–Kier alpha value is -1.72. The lowest BCUT2D eigenvalue weighted by Crippen LogP contribution is -2.23. The first-order valence-electron chi connectivity index (χ1n) is 9.78. The van der Waals surface area contributed by atoms with E-state index in [2.05, 4.69) is 43.1 Å². The molecule has 3 rings (SSSR count). The Morgan fingerprint density at radius 1 is 1.07 bits per heavy atom. The lowest BCUT2D eigenvalue weighted by molar-refractivity contribution is 0.337. The number of halogens is 3. The van der Waals surface area contributed by atoms with Crippen molar-refractivity contribution in [3.63, 3.8) is 0 Å². The van der Waals surface area contributed by atoms with E-state index in [0.717, 1.165) is 52.9 Å². The molecule has 1 aromatic heterocycles. The number of nitrogens with zero attached hydrogens (tertiary/aromatic N) is 2. The summed E-state index contributed by atoms with van der Waals surface area (Å²) in [6.07, 6.45) is 4.44. The summed E-state index contributed by atoms with van der Waals surface area (Å²) in [5, 5.41) is 6.44. The van der Waals surface area contributed by atoms with Gasteiger partial charge in [0.25, 0.3) is 0 Å². The highest BCUT2D eigenvalue weighted by molar-refractivity contribution is 6.31. The quantitative estimate of drug-likeness (QED) is 0.297. The van der Waals surface area contributed by atoms with Gasteiger partial charge in [0.2, 0.25) is 0 Å². The lowest BCUT2D eigenvalue weighted by Gasteiger charge is -2.18. The van der Waals surface area contributed by atoms with Crippen LogP contribution in [-0.4, -0.2) is 42.7 Å². The molecule has 1 atom stereocenters. The number of likely N-dealkylation sites (N-methyl/N-ethyl adjacent to an activating group) is 1. The summed E-state index contributed by atoms with van der Waals surface area (Å²) < 4.78 is 5.43. The molecule has 1 unspecified atom stereocenters. The molecule has 0 fully saturated rings. The van der Waals surface area contributed by atoms with Gasteiger partial charge in [0.05, 0.1) is 23.8 Å². The van der Waals surface area contributed by atoms with E-state index in [1.807, 2.05) is 36.4 Å². The Morgan fingerprint density at radius 2 is 1.80 bits per heavy atom. The second kappa shape index (κ2) is 12.2. The van der Waals surface area contributed by atoms with Crippen LogP contribution in [0.5, 0.6) is 5.75 Å². The highest BCUT2D eigenvalue weighted by atomic mass is 35.5. The smallest absolute Gasteiger partial charge is 0.119 e. The van der Waals surface area contributed by atoms with Crippen LogP contribution in [-0.2, 0) is 0 Å². The number of ether oxygens (including phenoxy) is 1. The highest BCUT2D eigenvalue weighted by Gasteiger charge is 2.12. The van der Waals surface area contributed by atoms with Crippen LogP contribution in [0.4, 0.5) is 5.69 Å². The summed E-state index contributed by atoms with van der Waals surface area (Å²) in [7, 11) is 1.68. The maximum Gasteiger partial charge on any atom is 0.119 e. The van der Waals surface area contributed by atoms with E-state index in [4.69, 9.17) is 21.3 Å². The number of aromatic nitrogens is 1. The average Bonchev–Trinajstić information content (AvgIpc) is 2.70. The van der Waals surface area contributed by atoms with Crippen molar-refractivity contribution in [1.82, 2.24) is 9.88 Å². The number of pyridine rings is 1. The van der Waals surface area contributed by atoms with Gasteiger partial charge in [-0.05, 0) is 56.4 Å². The third-order valence-electron chi connectivity index (χ3n) is 5.00. The fraction of sp³-hybridized carbons (Fsp3) is 0.348. The van der Waals surface area contributed by atoms with Crippen LogP contribution in [0.3, 0.4) is 0 Å². The van der Waals surface area contributed by atoms with Gasteiger partial charge in [-0.25, -0.2) is 4.98 Å². The lowest BCUT2D eigenvalue weighted by atomic mass is 10.1. The first-order chi connectivity index (χ1) is 13.5. The Balaban J connectivity index is 0.00000225. The summed E-state index contributed by atoms with van der Waals surface area (Å²) in [6.45, 7) is 9.61. The normalized spacial score (nSPS) is 12.1. The zero-order valence-corrected chi connectivity index (χ0v) is 20.2. The SMILES string of the molecule is CCN(CC)C/C=C\C(C)Nc1c2ccc(Cl)cc2nc2ccc(OC)cc12.Cl.Cl. The van der Waals surface area contributed by atoms with E-state index in [1.165, 1.54) is 0 Å². The molecule has 0 saturated carbocycles. The van der Waals surface area contributed by atoms with Crippen LogP contribution in [0.2, 0.25) is 5.02 Å². The molecule has 1 N–H and O–H groups in total. The molecule has 2 aromatic carbocycles. The molecular weight excluding hydrogens is 441 g/mol. The largest absolute Gasteiger partial charge is 0.497 e. The van der Waals surface area contributed by atoms with Crippen molar-refractivity contribution >= 4 is 63.9 Å². The van der Waals surface area contributed by atoms with Gasteiger partial charge in [-0.1, -0.05) is 37.6 Å². The highest BCUT2D eigenvalue weighted by Crippen LogP contribution is 2.34. The Kier molecular flexibility index (Phi) is 10.7. The number of nitrogens with one attached hydrogen (secondary N) is 1. The van der Waals surface area contributed by atoms with Gasteiger partial charge in [0.15, 0.2) is 0 Å². The molecule has 164 valence electrons. The Labute approximate surface area is 196 Å². The third-order valence-corrected chi connectivity index (χ3v) is 5.23. The summed E-state index contributed by atoms with van der Waals surface area (Å²) >= 11 is 6.20. The van der Waals surface area contributed by atoms with Crippen molar-refractivity contribution in [3.05, 3.63) is 53.6 Å². The molecule has 0 aliphatic heterocycles. The van der Waals surface area contributed by atoms with Gasteiger partial charge in [-0.2, -0.15) is 0 Å². The molecule has 0 saturated heterocycles. The minimum Gasteiger partial charge on any atom is -0.497 e. The van der Waals surface area contributed by atoms with E-state index in [-0.39, 0.29) is 30.9 Å². The first-order valence-corrected chi connectivity index (χ1v) is 10.2. The maximum atomic E-state index is 6.20. The van der Waals surface area contributed by atoms with Crippen LogP contribution < -0.4 is 10.1 Å². The van der Waals surface area contributed by atoms with Crippen LogP contribution in [0.15, 0.2) is 48.6 Å². The topological polar surface area (TPSA) is 37.4 Å². The second-order valence-corrected chi connectivity index (χ2v) is 7.31. The summed E-state index contributed by atoms with van der Waals surface area (Å²) in [5.74, 6) is 0.815. The van der Waals surface area contributed by atoms with E-state index in [9.17, 15) is 0 Å². The summed E-state index contributed by atoms with van der Waals surface area (Å²) in [5.41, 5.74) is 2.85. The van der Waals surface area contributed by atoms with Gasteiger partial charge < -0.3 is 15.0 Å². The van der Waals surface area contributed by atoms with Crippen molar-refractivity contribution < 1.29 is 4.74 Å². The van der Waals surface area contributed by atoms with Crippen molar-refractivity contribution in [2.24, 2.45) is 0 Å². The molecule has 3 aromatic rings. The summed E-state index contributed by atoms with van der Waals surface area (Å²) in [6, 6.07) is 12.0. The van der Waals surface area contributed by atoms with Crippen LogP contribution >= 0.6 is 36.4 Å². The van der Waals surface area contributed by atoms with E-state index in [0.29, 0.717) is 5.02 Å². The molecule has 0 spiro atoms. The monoisotopic (exact) mass is 469 g/mol. The van der Waals surface area contributed by atoms with Crippen LogP contribution in [0, 0.1) is 0 Å². The fourth-order valence-corrected chi connectivity index (χ4v) is 3.52. The van der Waals surface area contributed by atoms with Crippen LogP contribution in [0.1, 0.15) is 20.8 Å². The van der Waals surface area contributed by atoms with Gasteiger partial charge >= 0.3 is 0 Å². The third kappa shape index (κ3) is 6.14. The molecule has 0 radical (unpaired) electrons. The average molecular weight is 471 g/mol. The molecule has 0 bridgehead atoms. The minimum atomic E-state index is 0. The zero-order chi connectivity index (χ0) is 20.1. The molecule has 4 nitrogen and oxygen atoms in total. The van der Waals surface area contributed by atoms with Gasteiger partial charge in [0, 0.05) is 28.4 Å². The van der Waals surface area contributed by atoms with E-state index in [1.54, 1.807) is 7.11 Å². The predicted molar refractivity (Wildman–Crippen MR) is 135 cm³/mol. The first kappa shape index (κ1) is 26.3. The van der Waals surface area contributed by atoms with Crippen molar-refractivity contribution in [1.29, 1.82) is 0 Å². The molecule has 0 aliphatic carbocycles. The van der Waals surface area contributed by atoms with Crippen molar-refractivity contribution in [2.75, 3.05) is 32.1 Å². The number of anilines is 1. The number of fused-ring (bicyclic) bond motifs is 2. The molecule has 0 amide bonds. The number of methoxy groups -OCH3 is 1. The molecule has 0 aliphatic rings. The van der Waals surface area contributed by atoms with Crippen molar-refractivity contribution in [2.45, 2.75) is 26.8 Å². The van der Waals surface area contributed by atoms with Crippen LogP contribution in [0.25, 0.3) is 21.8 Å². The zero-order valence-electron chi connectivity index (χ0n) is 17.8. The maximum absolute atomic E-state index is 6.20. The Bertz CT molecular complexity index is 990. The van der Waals surface area contributed by atoms with Gasteiger partial charge in [-0.15, -0.1) is 24.8 Å². The van der Waals surface area contributed by atoms with E-state index < -0.39 is 0 Å². The van der Waals surface area contributed by atoms with Gasteiger partial charge in [0.1, 0.15) is 5.75 Å². The predicted octanol–water partition coefficient (Wildman–Crippen LogP) is 6.59. The molecule has 7 heteroatoms. The summed E-state index contributed by atoms with van der Waals surface area (Å²) in [4.78, 5) is 7.17.